The number of rotatable bonds is 6. The Hall–Kier alpha value is -4.07. The van der Waals surface area contributed by atoms with E-state index in [0.29, 0.717) is 25.4 Å². The maximum atomic E-state index is 13.9. The van der Waals surface area contributed by atoms with Crippen LogP contribution in [0.4, 0.5) is 11.4 Å². The lowest BCUT2D eigenvalue weighted by molar-refractivity contribution is -0.126. The third-order valence-electron chi connectivity index (χ3n) is 8.49. The summed E-state index contributed by atoms with van der Waals surface area (Å²) in [7, 11) is 1.65. The molecule has 0 spiro atoms. The summed E-state index contributed by atoms with van der Waals surface area (Å²) in [6, 6.07) is 19.4. The SMILES string of the molecule is COc1ccc(CCNC(=O)C2Cc3cc(NC(C)=O)ccc3N3C[C@H]4C[C@H](c5cccc(=O)n5C4)C23)cc1. The predicted octanol–water partition coefficient (Wildman–Crippen LogP) is 3.34. The normalized spacial score (nSPS) is 22.7. The number of anilines is 2. The molecule has 4 atom stereocenters. The van der Waals surface area contributed by atoms with E-state index in [4.69, 9.17) is 4.74 Å². The number of methoxy groups -OCH3 is 1. The first kappa shape index (κ1) is 25.2. The monoisotopic (exact) mass is 526 g/mol. The van der Waals surface area contributed by atoms with Crippen LogP contribution in [0.3, 0.4) is 0 Å². The largest absolute Gasteiger partial charge is 0.497 e. The quantitative estimate of drug-likeness (QED) is 0.514. The minimum Gasteiger partial charge on any atom is -0.497 e. The van der Waals surface area contributed by atoms with Crippen molar-refractivity contribution in [3.8, 4) is 5.75 Å². The summed E-state index contributed by atoms with van der Waals surface area (Å²) in [6.45, 7) is 3.53. The fourth-order valence-electron chi connectivity index (χ4n) is 6.86. The van der Waals surface area contributed by atoms with Gasteiger partial charge in [-0.2, -0.15) is 0 Å². The maximum Gasteiger partial charge on any atom is 0.250 e. The molecule has 1 aromatic heterocycles. The first-order valence-electron chi connectivity index (χ1n) is 13.7. The van der Waals surface area contributed by atoms with Crippen molar-refractivity contribution >= 4 is 23.2 Å². The third-order valence-corrected chi connectivity index (χ3v) is 8.49. The van der Waals surface area contributed by atoms with Gasteiger partial charge < -0.3 is 24.8 Å². The van der Waals surface area contributed by atoms with Crippen LogP contribution in [-0.2, 0) is 29.0 Å². The van der Waals surface area contributed by atoms with E-state index in [0.717, 1.165) is 53.3 Å². The van der Waals surface area contributed by atoms with E-state index < -0.39 is 0 Å². The Labute approximate surface area is 228 Å². The molecule has 8 nitrogen and oxygen atoms in total. The van der Waals surface area contributed by atoms with Crippen LogP contribution in [0.25, 0.3) is 0 Å². The van der Waals surface area contributed by atoms with Crippen LogP contribution in [0.15, 0.2) is 65.5 Å². The van der Waals surface area contributed by atoms with Crippen LogP contribution in [-0.4, -0.2) is 42.6 Å². The van der Waals surface area contributed by atoms with Gasteiger partial charge in [0, 0.05) is 61.7 Å². The number of pyridine rings is 1. The molecule has 1 saturated heterocycles. The Bertz CT molecular complexity index is 1460. The van der Waals surface area contributed by atoms with Gasteiger partial charge in [0.1, 0.15) is 5.75 Å². The number of carbonyl (C=O) groups is 2. The Morgan fingerprint density at radius 1 is 1.05 bits per heavy atom. The molecule has 2 amide bonds. The van der Waals surface area contributed by atoms with E-state index in [2.05, 4.69) is 27.7 Å². The summed E-state index contributed by atoms with van der Waals surface area (Å²) in [6.07, 6.45) is 2.28. The molecule has 2 bridgehead atoms. The first-order chi connectivity index (χ1) is 18.9. The van der Waals surface area contributed by atoms with Gasteiger partial charge in [0.25, 0.3) is 5.56 Å². The number of piperidine rings is 1. The van der Waals surface area contributed by atoms with E-state index in [1.807, 2.05) is 47.0 Å². The van der Waals surface area contributed by atoms with Gasteiger partial charge in [-0.05, 0) is 72.7 Å². The topological polar surface area (TPSA) is 92.7 Å². The molecule has 0 radical (unpaired) electrons. The van der Waals surface area contributed by atoms with Gasteiger partial charge in [0.05, 0.1) is 13.0 Å². The molecule has 1 fully saturated rings. The molecular weight excluding hydrogens is 492 g/mol. The van der Waals surface area contributed by atoms with Crippen molar-refractivity contribution in [2.24, 2.45) is 11.8 Å². The molecule has 202 valence electrons. The number of hydrogen-bond donors (Lipinski definition) is 2. The molecule has 3 aliphatic rings. The summed E-state index contributed by atoms with van der Waals surface area (Å²) in [5.41, 5.74) is 5.13. The molecule has 3 aliphatic heterocycles. The number of nitrogens with one attached hydrogen (secondary N) is 2. The van der Waals surface area contributed by atoms with Gasteiger partial charge in [0.15, 0.2) is 0 Å². The number of ether oxygens (including phenoxy) is 1. The van der Waals surface area contributed by atoms with Crippen LogP contribution in [0, 0.1) is 11.8 Å². The van der Waals surface area contributed by atoms with Crippen LogP contribution < -0.4 is 25.8 Å². The van der Waals surface area contributed by atoms with Crippen molar-refractivity contribution in [1.82, 2.24) is 9.88 Å². The standard InChI is InChI=1S/C31H34N4O4/c1-19(36)33-23-8-11-27-22(15-23)16-26(31(38)32-13-12-20-6-9-24(39-2)10-7-20)30-25-14-21(18-35(27)30)17-34-28(25)4-3-5-29(34)37/h3-11,15,21,25-26,30H,12-14,16-18H2,1-2H3,(H,32,38)(H,33,36)/t21-,25+,26?,30?/m0/s1. The maximum absolute atomic E-state index is 13.9. The number of aromatic nitrogens is 1. The molecule has 2 aromatic carbocycles. The average molecular weight is 527 g/mol. The Morgan fingerprint density at radius 3 is 2.64 bits per heavy atom. The number of carbonyl (C=O) groups excluding carboxylic acids is 2. The smallest absolute Gasteiger partial charge is 0.250 e. The highest BCUT2D eigenvalue weighted by molar-refractivity contribution is 5.89. The molecule has 3 aromatic rings. The molecule has 0 aliphatic carbocycles. The number of fused-ring (bicyclic) bond motifs is 8. The lowest BCUT2D eigenvalue weighted by atomic mass is 9.69. The zero-order valence-corrected chi connectivity index (χ0v) is 22.4. The summed E-state index contributed by atoms with van der Waals surface area (Å²) in [5.74, 6) is 0.859. The van der Waals surface area contributed by atoms with E-state index >= 15 is 0 Å². The second-order valence-electron chi connectivity index (χ2n) is 11.0. The lowest BCUT2D eigenvalue weighted by Crippen LogP contribution is -2.60. The van der Waals surface area contributed by atoms with Gasteiger partial charge in [0.2, 0.25) is 11.8 Å². The first-order valence-corrected chi connectivity index (χ1v) is 13.7. The van der Waals surface area contributed by atoms with Gasteiger partial charge in [-0.25, -0.2) is 0 Å². The number of nitrogens with zero attached hydrogens (tertiary/aromatic N) is 2. The van der Waals surface area contributed by atoms with Crippen molar-refractivity contribution < 1.29 is 14.3 Å². The Kier molecular flexibility index (Phi) is 6.62. The van der Waals surface area contributed by atoms with E-state index in [-0.39, 0.29) is 35.3 Å². The van der Waals surface area contributed by atoms with E-state index in [9.17, 15) is 14.4 Å². The molecule has 0 saturated carbocycles. The van der Waals surface area contributed by atoms with Crippen molar-refractivity contribution in [2.75, 3.05) is 30.4 Å². The average Bonchev–Trinajstić information content (AvgIpc) is 2.93. The Morgan fingerprint density at radius 2 is 1.87 bits per heavy atom. The Balaban J connectivity index is 1.31. The van der Waals surface area contributed by atoms with Crippen molar-refractivity contribution in [3.63, 3.8) is 0 Å². The van der Waals surface area contributed by atoms with Crippen molar-refractivity contribution in [3.05, 3.63) is 87.8 Å². The zero-order valence-electron chi connectivity index (χ0n) is 22.4. The minimum atomic E-state index is -0.284. The summed E-state index contributed by atoms with van der Waals surface area (Å²) in [4.78, 5) is 40.7. The molecule has 4 heterocycles. The highest BCUT2D eigenvalue weighted by Gasteiger charge is 2.49. The highest BCUT2D eigenvalue weighted by atomic mass is 16.5. The zero-order chi connectivity index (χ0) is 27.1. The highest BCUT2D eigenvalue weighted by Crippen LogP contribution is 2.48. The molecular formula is C31H34N4O4. The van der Waals surface area contributed by atoms with Gasteiger partial charge in [-0.3, -0.25) is 14.4 Å². The van der Waals surface area contributed by atoms with Gasteiger partial charge in [-0.1, -0.05) is 18.2 Å². The van der Waals surface area contributed by atoms with Crippen LogP contribution in [0.2, 0.25) is 0 Å². The molecule has 6 rings (SSSR count). The molecule has 2 N–H and O–H groups in total. The summed E-state index contributed by atoms with van der Waals surface area (Å²) < 4.78 is 7.17. The number of hydrogen-bond acceptors (Lipinski definition) is 5. The van der Waals surface area contributed by atoms with Crippen LogP contribution in [0.5, 0.6) is 5.75 Å². The van der Waals surface area contributed by atoms with Gasteiger partial charge >= 0.3 is 0 Å². The van der Waals surface area contributed by atoms with Crippen molar-refractivity contribution in [1.29, 1.82) is 0 Å². The molecule has 39 heavy (non-hydrogen) atoms. The third kappa shape index (κ3) is 4.80. The van der Waals surface area contributed by atoms with Crippen LogP contribution in [0.1, 0.15) is 36.1 Å². The predicted molar refractivity (Wildman–Crippen MR) is 150 cm³/mol. The fourth-order valence-corrected chi connectivity index (χ4v) is 6.86. The summed E-state index contributed by atoms with van der Waals surface area (Å²) >= 11 is 0. The number of amides is 2. The van der Waals surface area contributed by atoms with E-state index in [1.165, 1.54) is 6.92 Å². The van der Waals surface area contributed by atoms with Crippen molar-refractivity contribution in [2.45, 2.75) is 44.7 Å². The minimum absolute atomic E-state index is 0.0305. The second kappa shape index (κ2) is 10.2. The second-order valence-corrected chi connectivity index (χ2v) is 11.0. The van der Waals surface area contributed by atoms with Crippen LogP contribution >= 0.6 is 0 Å². The van der Waals surface area contributed by atoms with E-state index in [1.54, 1.807) is 13.2 Å². The fraction of sp³-hybridized carbons (Fsp3) is 0.387. The number of benzene rings is 2. The molecule has 2 unspecified atom stereocenters. The lowest BCUT2D eigenvalue weighted by Gasteiger charge is -2.54. The van der Waals surface area contributed by atoms with Gasteiger partial charge in [-0.15, -0.1) is 0 Å². The molecule has 8 heteroatoms. The summed E-state index contributed by atoms with van der Waals surface area (Å²) in [5, 5.41) is 6.10.